The van der Waals surface area contributed by atoms with Gasteiger partial charge in [-0.05, 0) is 6.42 Å². The molecular weight excluding hydrogens is 136 g/mol. The Kier molecular flexibility index (Phi) is 9.92. The first kappa shape index (κ1) is 11.0. The number of aliphatic hydroxyl groups is 1. The van der Waals surface area contributed by atoms with E-state index in [1.54, 1.807) is 0 Å². The fourth-order valence-electron chi connectivity index (χ4n) is 1.25. The van der Waals surface area contributed by atoms with Gasteiger partial charge in [-0.15, -0.1) is 0 Å². The van der Waals surface area contributed by atoms with E-state index in [1.165, 1.54) is 44.9 Å². The van der Waals surface area contributed by atoms with Crippen molar-refractivity contribution in [2.24, 2.45) is 0 Å². The van der Waals surface area contributed by atoms with Crippen LogP contribution in [0.1, 0.15) is 59.7 Å². The average molecular weight is 160 g/mol. The van der Waals surface area contributed by atoms with Gasteiger partial charge in [-0.3, -0.25) is 0 Å². The van der Waals surface area contributed by atoms with Crippen LogP contribution in [0.15, 0.2) is 0 Å². The number of aliphatic hydroxyl groups excluding tert-OH is 1. The highest BCUT2D eigenvalue weighted by Gasteiger charge is 1.89. The standard InChI is InChI=1S/C10H22O.H/c1-2-3-4-5-6-7-8-9-10-11;/h11H,2-10H2,1H3;/i;1+1. The maximum Gasteiger partial charge on any atom is 0.0431 e. The molecule has 0 bridgehead atoms. The SMILES string of the molecule is CCCCCCCCCCO.[2H]. The Labute approximate surface area is 72.3 Å². The van der Waals surface area contributed by atoms with Crippen molar-refractivity contribution in [3.8, 4) is 0 Å². The van der Waals surface area contributed by atoms with Gasteiger partial charge in [0, 0.05) is 8.03 Å². The Morgan fingerprint density at radius 2 is 1.27 bits per heavy atom. The van der Waals surface area contributed by atoms with Gasteiger partial charge in [-0.25, -0.2) is 0 Å². The van der Waals surface area contributed by atoms with Crippen molar-refractivity contribution < 1.29 is 6.53 Å². The molecule has 11 heavy (non-hydrogen) atoms. The largest absolute Gasteiger partial charge is 0.396 e. The van der Waals surface area contributed by atoms with Crippen molar-refractivity contribution in [2.75, 3.05) is 6.61 Å². The van der Waals surface area contributed by atoms with E-state index in [0.29, 0.717) is 6.61 Å². The molecule has 0 heterocycles. The minimum absolute atomic E-state index is 0. The first-order chi connectivity index (χ1) is 5.41. The molecule has 0 spiro atoms. The smallest absolute Gasteiger partial charge is 0.0431 e. The van der Waals surface area contributed by atoms with Gasteiger partial charge in [0.1, 0.15) is 0 Å². The van der Waals surface area contributed by atoms with Crippen molar-refractivity contribution in [1.29, 1.82) is 0 Å². The summed E-state index contributed by atoms with van der Waals surface area (Å²) in [6.07, 6.45) is 10.4. The second-order valence-corrected chi connectivity index (χ2v) is 3.20. The third kappa shape index (κ3) is 9.96. The molecule has 0 aromatic carbocycles. The number of rotatable bonds is 8. The van der Waals surface area contributed by atoms with Gasteiger partial charge in [0.05, 0.1) is 0 Å². The Morgan fingerprint density at radius 3 is 1.73 bits per heavy atom. The van der Waals surface area contributed by atoms with Gasteiger partial charge in [-0.1, -0.05) is 51.9 Å². The second kappa shape index (κ2) is 9.96. The van der Waals surface area contributed by atoms with Gasteiger partial charge in [0.25, 0.3) is 0 Å². The number of hydrogen-bond donors (Lipinski definition) is 1. The van der Waals surface area contributed by atoms with Crippen molar-refractivity contribution in [1.82, 2.24) is 0 Å². The van der Waals surface area contributed by atoms with E-state index in [4.69, 9.17) is 5.11 Å². The lowest BCUT2D eigenvalue weighted by Crippen LogP contribution is -1.83. The highest BCUT2D eigenvalue weighted by atomic mass is 16.2. The van der Waals surface area contributed by atoms with Crippen LogP contribution in [-0.2, 0) is 0 Å². The van der Waals surface area contributed by atoms with Gasteiger partial charge in [0.2, 0.25) is 0 Å². The predicted octanol–water partition coefficient (Wildman–Crippen LogP) is 3.23. The summed E-state index contributed by atoms with van der Waals surface area (Å²) in [5.74, 6) is 0. The monoisotopic (exact) mass is 160 g/mol. The molecule has 0 atom stereocenters. The summed E-state index contributed by atoms with van der Waals surface area (Å²) in [4.78, 5) is 0. The van der Waals surface area contributed by atoms with Crippen LogP contribution in [0.4, 0.5) is 0 Å². The first-order valence-electron chi connectivity index (χ1n) is 5.02. The van der Waals surface area contributed by atoms with E-state index >= 15 is 0 Å². The lowest BCUT2D eigenvalue weighted by Gasteiger charge is -1.98. The maximum absolute atomic E-state index is 8.51. The van der Waals surface area contributed by atoms with Gasteiger partial charge < -0.3 is 5.11 Å². The molecule has 0 aromatic rings. The molecule has 0 rings (SSSR count). The molecule has 0 amide bonds. The minimum Gasteiger partial charge on any atom is -0.396 e. The molecule has 1 heteroatoms. The molecule has 0 saturated heterocycles. The summed E-state index contributed by atoms with van der Waals surface area (Å²) in [5, 5.41) is 8.51. The van der Waals surface area contributed by atoms with Crippen molar-refractivity contribution in [3.63, 3.8) is 0 Å². The Balaban J connectivity index is 0. The molecule has 1 radical (unpaired) electrons. The van der Waals surface area contributed by atoms with Gasteiger partial charge >= 0.3 is 0 Å². The summed E-state index contributed by atoms with van der Waals surface area (Å²) in [7, 11) is 0. The summed E-state index contributed by atoms with van der Waals surface area (Å²) < 4.78 is 0. The molecule has 0 aliphatic heterocycles. The minimum atomic E-state index is 0. The van der Waals surface area contributed by atoms with E-state index < -0.39 is 0 Å². The third-order valence-corrected chi connectivity index (χ3v) is 2.01. The highest BCUT2D eigenvalue weighted by molar-refractivity contribution is 4.44. The van der Waals surface area contributed by atoms with Crippen LogP contribution in [0.2, 0.25) is 0 Å². The van der Waals surface area contributed by atoms with Crippen molar-refractivity contribution >= 4 is 0 Å². The molecule has 69 valence electrons. The lowest BCUT2D eigenvalue weighted by molar-refractivity contribution is 0.282. The zero-order chi connectivity index (χ0) is 8.36. The van der Waals surface area contributed by atoms with Crippen LogP contribution in [0.5, 0.6) is 0 Å². The number of unbranched alkanes of at least 4 members (excludes halogenated alkanes) is 7. The lowest BCUT2D eigenvalue weighted by atomic mass is 10.1. The summed E-state index contributed by atoms with van der Waals surface area (Å²) in [5.41, 5.74) is 0. The Morgan fingerprint density at radius 1 is 0.818 bits per heavy atom. The molecule has 1 nitrogen and oxygen atoms in total. The fourth-order valence-corrected chi connectivity index (χ4v) is 1.25. The predicted molar refractivity (Wildman–Crippen MR) is 50.8 cm³/mol. The van der Waals surface area contributed by atoms with Gasteiger partial charge in [-0.2, -0.15) is 0 Å². The molecule has 0 saturated carbocycles. The van der Waals surface area contributed by atoms with Crippen molar-refractivity contribution in [3.05, 3.63) is 0 Å². The normalized spacial score (nSPS) is 10.4. The fraction of sp³-hybridized carbons (Fsp3) is 1.00. The molecule has 0 unspecified atom stereocenters. The van der Waals surface area contributed by atoms with E-state index in [2.05, 4.69) is 6.92 Å². The average Bonchev–Trinajstić information content (AvgIpc) is 2.03. The zero-order valence-electron chi connectivity index (χ0n) is 8.81. The molecule has 0 fully saturated rings. The molecule has 0 aliphatic carbocycles. The number of hydrogen-bond acceptors (Lipinski definition) is 1. The highest BCUT2D eigenvalue weighted by Crippen LogP contribution is 2.07. The van der Waals surface area contributed by atoms with Crippen molar-refractivity contribution in [2.45, 2.75) is 58.3 Å². The Bertz CT molecular complexity index is 58.9. The quantitative estimate of drug-likeness (QED) is 0.540. The molecule has 1 N–H and O–H groups in total. The molecular formula is C10H23O. The maximum atomic E-state index is 8.51. The van der Waals surface area contributed by atoms with Crippen LogP contribution in [-0.4, -0.2) is 11.7 Å². The van der Waals surface area contributed by atoms with E-state index in [-0.39, 0.29) is 1.43 Å². The third-order valence-electron chi connectivity index (χ3n) is 2.01. The van der Waals surface area contributed by atoms with E-state index in [9.17, 15) is 0 Å². The molecule has 0 aliphatic rings. The zero-order valence-corrected chi connectivity index (χ0v) is 7.81. The van der Waals surface area contributed by atoms with Gasteiger partial charge in [0.15, 0.2) is 0 Å². The topological polar surface area (TPSA) is 20.2 Å². The van der Waals surface area contributed by atoms with E-state index in [0.717, 1.165) is 6.42 Å². The van der Waals surface area contributed by atoms with Crippen LogP contribution in [0.25, 0.3) is 0 Å². The summed E-state index contributed by atoms with van der Waals surface area (Å²) in [6, 6.07) is 0. The molecule has 0 aromatic heterocycles. The second-order valence-electron chi connectivity index (χ2n) is 3.20. The van der Waals surface area contributed by atoms with Crippen LogP contribution in [0, 0.1) is 0 Å². The van der Waals surface area contributed by atoms with Crippen LogP contribution >= 0.6 is 0 Å². The summed E-state index contributed by atoms with van der Waals surface area (Å²) in [6.45, 7) is 2.61. The Hall–Kier alpha value is -0.0400. The summed E-state index contributed by atoms with van der Waals surface area (Å²) >= 11 is 0. The van der Waals surface area contributed by atoms with Crippen LogP contribution < -0.4 is 0 Å². The van der Waals surface area contributed by atoms with E-state index in [1.807, 2.05) is 0 Å². The first-order valence-corrected chi connectivity index (χ1v) is 5.02. The van der Waals surface area contributed by atoms with Crippen LogP contribution in [0.3, 0.4) is 0 Å².